The second kappa shape index (κ2) is 11.9. The number of alkyl halides is 3. The standard InChI is InChI=1S/C29H31ClF3N5O4/c1-17-20(4-3-11-37(17)28(42)26-22(29(31,32)33)5-2-9-35-26)27(41)38-12-8-18-14-19(30)6-7-21(18)23(38)15-25(40)36-13-10-34-24(39)16-36/h2,5-7,9,14,17,20,23H,3-4,8,10-13,15-16H2,1H3,(H,34,39)/t17-,20-,23?/m1/s1. The molecule has 13 heteroatoms. The summed E-state index contributed by atoms with van der Waals surface area (Å²) < 4.78 is 40.9. The third-order valence-corrected chi connectivity index (χ3v) is 8.62. The molecule has 9 nitrogen and oxygen atoms in total. The highest BCUT2D eigenvalue weighted by atomic mass is 35.5. The van der Waals surface area contributed by atoms with Crippen LogP contribution in [0.2, 0.25) is 5.02 Å². The molecule has 2 saturated heterocycles. The monoisotopic (exact) mass is 605 g/mol. The van der Waals surface area contributed by atoms with E-state index in [4.69, 9.17) is 11.6 Å². The van der Waals surface area contributed by atoms with Crippen molar-refractivity contribution in [3.05, 3.63) is 63.9 Å². The van der Waals surface area contributed by atoms with Gasteiger partial charge in [0.2, 0.25) is 17.7 Å². The highest BCUT2D eigenvalue weighted by molar-refractivity contribution is 6.30. The number of benzene rings is 1. The topological polar surface area (TPSA) is 103 Å². The molecule has 3 aliphatic rings. The van der Waals surface area contributed by atoms with Crippen molar-refractivity contribution in [3.63, 3.8) is 0 Å². The summed E-state index contributed by atoms with van der Waals surface area (Å²) in [6.07, 6.45) is -2.29. The summed E-state index contributed by atoms with van der Waals surface area (Å²) in [7, 11) is 0. The van der Waals surface area contributed by atoms with E-state index in [1.54, 1.807) is 24.0 Å². The van der Waals surface area contributed by atoms with Crippen molar-refractivity contribution in [3.8, 4) is 0 Å². The number of carbonyl (C=O) groups excluding carboxylic acids is 4. The Labute approximate surface area is 246 Å². The summed E-state index contributed by atoms with van der Waals surface area (Å²) >= 11 is 6.23. The van der Waals surface area contributed by atoms with Crippen LogP contribution >= 0.6 is 11.6 Å². The van der Waals surface area contributed by atoms with Crippen LogP contribution in [0.25, 0.3) is 0 Å². The van der Waals surface area contributed by atoms with Gasteiger partial charge in [0.15, 0.2) is 0 Å². The maximum absolute atomic E-state index is 14.2. The molecule has 1 aromatic heterocycles. The number of aromatic nitrogens is 1. The van der Waals surface area contributed by atoms with Crippen molar-refractivity contribution in [1.82, 2.24) is 25.0 Å². The Bertz CT molecular complexity index is 1400. The molecule has 0 saturated carbocycles. The predicted molar refractivity (Wildman–Crippen MR) is 146 cm³/mol. The van der Waals surface area contributed by atoms with Gasteiger partial charge in [-0.1, -0.05) is 17.7 Å². The van der Waals surface area contributed by atoms with Gasteiger partial charge in [0.25, 0.3) is 5.91 Å². The van der Waals surface area contributed by atoms with E-state index >= 15 is 0 Å². The van der Waals surface area contributed by atoms with E-state index in [1.807, 2.05) is 6.07 Å². The van der Waals surface area contributed by atoms with Crippen molar-refractivity contribution < 1.29 is 32.3 Å². The van der Waals surface area contributed by atoms with Crippen LogP contribution in [0.1, 0.15) is 59.4 Å². The lowest BCUT2D eigenvalue weighted by Gasteiger charge is -2.44. The van der Waals surface area contributed by atoms with Gasteiger partial charge in [0.05, 0.1) is 30.5 Å². The van der Waals surface area contributed by atoms with E-state index in [1.165, 1.54) is 9.80 Å². The fraction of sp³-hybridized carbons (Fsp3) is 0.483. The van der Waals surface area contributed by atoms with Gasteiger partial charge in [0.1, 0.15) is 5.69 Å². The van der Waals surface area contributed by atoms with Crippen molar-refractivity contribution in [1.29, 1.82) is 0 Å². The lowest BCUT2D eigenvalue weighted by Crippen LogP contribution is -2.55. The highest BCUT2D eigenvalue weighted by Crippen LogP contribution is 2.38. The van der Waals surface area contributed by atoms with E-state index < -0.39 is 41.3 Å². The summed E-state index contributed by atoms with van der Waals surface area (Å²) in [6.45, 7) is 2.82. The number of piperazine rings is 1. The highest BCUT2D eigenvalue weighted by Gasteiger charge is 2.44. The van der Waals surface area contributed by atoms with Crippen molar-refractivity contribution >= 4 is 35.2 Å². The molecule has 2 aromatic rings. The zero-order valence-electron chi connectivity index (χ0n) is 23.0. The van der Waals surface area contributed by atoms with Crippen molar-refractivity contribution in [2.24, 2.45) is 5.92 Å². The molecular weight excluding hydrogens is 575 g/mol. The Kier molecular flexibility index (Phi) is 8.45. The second-order valence-corrected chi connectivity index (χ2v) is 11.3. The maximum Gasteiger partial charge on any atom is 0.418 e. The molecule has 3 aliphatic heterocycles. The molecule has 4 amide bonds. The van der Waals surface area contributed by atoms with Crippen LogP contribution < -0.4 is 5.32 Å². The minimum atomic E-state index is -4.76. The first-order valence-corrected chi connectivity index (χ1v) is 14.3. The third kappa shape index (κ3) is 5.95. The van der Waals surface area contributed by atoms with Gasteiger partial charge in [-0.15, -0.1) is 0 Å². The number of nitrogens with zero attached hydrogens (tertiary/aromatic N) is 4. The Hall–Kier alpha value is -3.67. The molecule has 5 rings (SSSR count). The lowest BCUT2D eigenvalue weighted by molar-refractivity contribution is -0.145. The van der Waals surface area contributed by atoms with Gasteiger partial charge in [-0.05, 0) is 61.6 Å². The van der Waals surface area contributed by atoms with E-state index in [0.717, 1.165) is 29.5 Å². The normalized spacial score (nSPS) is 22.8. The first-order valence-electron chi connectivity index (χ1n) is 13.9. The molecule has 3 atom stereocenters. The minimum Gasteiger partial charge on any atom is -0.353 e. The molecule has 0 aliphatic carbocycles. The number of pyridine rings is 1. The van der Waals surface area contributed by atoms with Crippen LogP contribution in [0.4, 0.5) is 13.2 Å². The Morgan fingerprint density at radius 3 is 2.64 bits per heavy atom. The van der Waals surface area contributed by atoms with Gasteiger partial charge in [-0.25, -0.2) is 0 Å². The first-order chi connectivity index (χ1) is 20.0. The fourth-order valence-electron chi connectivity index (χ4n) is 6.22. The molecule has 0 spiro atoms. The average molecular weight is 606 g/mol. The summed E-state index contributed by atoms with van der Waals surface area (Å²) in [5.41, 5.74) is -0.104. The second-order valence-electron chi connectivity index (χ2n) is 10.9. The van der Waals surface area contributed by atoms with Crippen LogP contribution in [0.15, 0.2) is 36.5 Å². The van der Waals surface area contributed by atoms with Gasteiger partial charge < -0.3 is 20.0 Å². The molecular formula is C29H31ClF3N5O4. The summed E-state index contributed by atoms with van der Waals surface area (Å²) in [6, 6.07) is 5.96. The number of carbonyl (C=O) groups is 4. The third-order valence-electron chi connectivity index (χ3n) is 8.39. The lowest BCUT2D eigenvalue weighted by atomic mass is 9.85. The number of piperidine rings is 1. The SMILES string of the molecule is C[C@@H]1[C@H](C(=O)N2CCc3cc(Cl)ccc3C2CC(=O)N2CCNC(=O)C2)CCCN1C(=O)c1ncccc1C(F)(F)F. The zero-order valence-corrected chi connectivity index (χ0v) is 23.7. The largest absolute Gasteiger partial charge is 0.418 e. The first kappa shape index (κ1) is 29.8. The van der Waals surface area contributed by atoms with Gasteiger partial charge in [0, 0.05) is 43.4 Å². The number of halogens is 4. The molecule has 4 heterocycles. The number of likely N-dealkylation sites (tertiary alicyclic amines) is 1. The summed E-state index contributed by atoms with van der Waals surface area (Å²) in [5.74, 6) is -2.35. The summed E-state index contributed by atoms with van der Waals surface area (Å²) in [5, 5.41) is 3.23. The van der Waals surface area contributed by atoms with E-state index in [2.05, 4.69) is 10.3 Å². The summed E-state index contributed by atoms with van der Waals surface area (Å²) in [4.78, 5) is 61.0. The molecule has 2 fully saturated rings. The zero-order chi connectivity index (χ0) is 30.2. The Morgan fingerprint density at radius 2 is 1.90 bits per heavy atom. The molecule has 0 radical (unpaired) electrons. The molecule has 224 valence electrons. The van der Waals surface area contributed by atoms with Crippen molar-refractivity contribution in [2.75, 3.05) is 32.7 Å². The Balaban J connectivity index is 1.41. The van der Waals surface area contributed by atoms with E-state index in [0.29, 0.717) is 43.9 Å². The van der Waals surface area contributed by atoms with Crippen LogP contribution in [0.5, 0.6) is 0 Å². The van der Waals surface area contributed by atoms with Gasteiger partial charge in [-0.3, -0.25) is 24.2 Å². The quantitative estimate of drug-likeness (QED) is 0.575. The molecule has 1 aromatic carbocycles. The molecule has 1 N–H and O–H groups in total. The van der Waals surface area contributed by atoms with Crippen molar-refractivity contribution in [2.45, 2.75) is 50.9 Å². The molecule has 42 heavy (non-hydrogen) atoms. The van der Waals surface area contributed by atoms with Gasteiger partial charge in [-0.2, -0.15) is 13.2 Å². The van der Waals surface area contributed by atoms with Crippen LogP contribution in [0, 0.1) is 5.92 Å². The maximum atomic E-state index is 14.2. The molecule has 0 bridgehead atoms. The van der Waals surface area contributed by atoms with Crippen LogP contribution in [-0.4, -0.2) is 82.1 Å². The number of rotatable bonds is 4. The van der Waals surface area contributed by atoms with Crippen LogP contribution in [-0.2, 0) is 27.0 Å². The number of hydrogen-bond acceptors (Lipinski definition) is 5. The van der Waals surface area contributed by atoms with E-state index in [9.17, 15) is 32.3 Å². The minimum absolute atomic E-state index is 0.0414. The molecule has 1 unspecified atom stereocenters. The van der Waals surface area contributed by atoms with Gasteiger partial charge >= 0.3 is 6.18 Å². The number of amides is 4. The van der Waals surface area contributed by atoms with E-state index in [-0.39, 0.29) is 37.2 Å². The average Bonchev–Trinajstić information content (AvgIpc) is 2.96. The predicted octanol–water partition coefficient (Wildman–Crippen LogP) is 3.47. The fourth-order valence-corrected chi connectivity index (χ4v) is 6.42. The number of nitrogens with one attached hydrogen (secondary N) is 1. The Morgan fingerprint density at radius 1 is 1.12 bits per heavy atom. The number of fused-ring (bicyclic) bond motifs is 1. The number of hydrogen-bond donors (Lipinski definition) is 1. The smallest absolute Gasteiger partial charge is 0.353 e. The van der Waals surface area contributed by atoms with Crippen LogP contribution in [0.3, 0.4) is 0 Å².